The summed E-state index contributed by atoms with van der Waals surface area (Å²) in [5.74, 6) is 3.34. The van der Waals surface area contributed by atoms with Gasteiger partial charge >= 0.3 is 0 Å². The third kappa shape index (κ3) is 3.11. The summed E-state index contributed by atoms with van der Waals surface area (Å²) in [6, 6.07) is 8.21. The van der Waals surface area contributed by atoms with Crippen LogP contribution in [0, 0.1) is 23.7 Å². The summed E-state index contributed by atoms with van der Waals surface area (Å²) in [6.45, 7) is 2.01. The molecule has 1 amide bonds. The van der Waals surface area contributed by atoms with E-state index in [1.54, 1.807) is 0 Å². The normalized spacial score (nSPS) is 38.4. The smallest absolute Gasteiger partial charge is 0.251 e. The van der Waals surface area contributed by atoms with Crippen molar-refractivity contribution < 1.29 is 9.53 Å². The van der Waals surface area contributed by atoms with Gasteiger partial charge in [0.05, 0.1) is 13.2 Å². The predicted molar refractivity (Wildman–Crippen MR) is 102 cm³/mol. The standard InChI is InChI=1S/C21H27ClN2O2/c22-17-1-3-18(4-2-17)24-5-6-26-19(12-24)21(25)23-20-15-8-13-7-14(10-15)11-16(20)9-13/h1-4,13-16,19-20H,5-12H2,(H,23,25). The van der Waals surface area contributed by atoms with Crippen LogP contribution in [0.15, 0.2) is 24.3 Å². The van der Waals surface area contributed by atoms with Crippen LogP contribution in [0.25, 0.3) is 0 Å². The molecule has 1 atom stereocenters. The van der Waals surface area contributed by atoms with Crippen LogP contribution in [0.5, 0.6) is 0 Å². The minimum atomic E-state index is -0.378. The van der Waals surface area contributed by atoms with Crippen molar-refractivity contribution in [2.75, 3.05) is 24.6 Å². The lowest BCUT2D eigenvalue weighted by molar-refractivity contribution is -0.137. The van der Waals surface area contributed by atoms with Gasteiger partial charge in [0.25, 0.3) is 5.91 Å². The molecular formula is C21H27ClN2O2. The summed E-state index contributed by atoms with van der Waals surface area (Å²) in [7, 11) is 0. The molecule has 1 aliphatic heterocycles. The number of carbonyl (C=O) groups is 1. The zero-order valence-electron chi connectivity index (χ0n) is 15.1. The lowest BCUT2D eigenvalue weighted by atomic mass is 9.54. The minimum Gasteiger partial charge on any atom is -0.366 e. The van der Waals surface area contributed by atoms with Gasteiger partial charge in [0, 0.05) is 23.3 Å². The number of amides is 1. The van der Waals surface area contributed by atoms with Crippen LogP contribution in [-0.2, 0) is 9.53 Å². The van der Waals surface area contributed by atoms with Crippen molar-refractivity contribution in [2.24, 2.45) is 23.7 Å². The number of nitrogens with zero attached hydrogens (tertiary/aromatic N) is 1. The number of anilines is 1. The van der Waals surface area contributed by atoms with E-state index in [4.69, 9.17) is 16.3 Å². The highest BCUT2D eigenvalue weighted by Crippen LogP contribution is 2.53. The van der Waals surface area contributed by atoms with Crippen molar-refractivity contribution in [1.82, 2.24) is 5.32 Å². The summed E-state index contributed by atoms with van der Waals surface area (Å²) in [6.07, 6.45) is 6.34. The molecule has 1 unspecified atom stereocenters. The number of morpholine rings is 1. The van der Waals surface area contributed by atoms with E-state index in [0.717, 1.165) is 29.1 Å². The van der Waals surface area contributed by atoms with Crippen molar-refractivity contribution >= 4 is 23.2 Å². The molecule has 6 rings (SSSR count). The Labute approximate surface area is 160 Å². The summed E-state index contributed by atoms with van der Waals surface area (Å²) in [4.78, 5) is 15.2. The molecule has 4 nitrogen and oxygen atoms in total. The monoisotopic (exact) mass is 374 g/mol. The molecule has 1 N–H and O–H groups in total. The lowest BCUT2D eigenvalue weighted by Crippen LogP contribution is -2.59. The van der Waals surface area contributed by atoms with E-state index in [0.29, 0.717) is 31.0 Å². The SMILES string of the molecule is O=C(NC1C2CC3CC(C2)CC1C3)C1CN(c2ccc(Cl)cc2)CCO1. The van der Waals surface area contributed by atoms with Gasteiger partial charge in [-0.3, -0.25) is 4.79 Å². The molecule has 26 heavy (non-hydrogen) atoms. The first-order chi connectivity index (χ1) is 12.7. The topological polar surface area (TPSA) is 41.6 Å². The fourth-order valence-corrected chi connectivity index (χ4v) is 6.24. The van der Waals surface area contributed by atoms with Gasteiger partial charge in [-0.25, -0.2) is 0 Å². The van der Waals surface area contributed by atoms with Crippen LogP contribution in [0.4, 0.5) is 5.69 Å². The second kappa shape index (κ2) is 6.72. The van der Waals surface area contributed by atoms with E-state index in [9.17, 15) is 4.79 Å². The van der Waals surface area contributed by atoms with Crippen molar-refractivity contribution in [1.29, 1.82) is 0 Å². The minimum absolute atomic E-state index is 0.0844. The number of nitrogens with one attached hydrogen (secondary N) is 1. The number of hydrogen-bond donors (Lipinski definition) is 1. The fourth-order valence-electron chi connectivity index (χ4n) is 6.11. The van der Waals surface area contributed by atoms with E-state index < -0.39 is 0 Å². The Morgan fingerprint density at radius 2 is 1.69 bits per heavy atom. The highest BCUT2D eigenvalue weighted by molar-refractivity contribution is 6.30. The van der Waals surface area contributed by atoms with Crippen LogP contribution in [0.3, 0.4) is 0 Å². The average molecular weight is 375 g/mol. The molecule has 4 aliphatic carbocycles. The lowest BCUT2D eigenvalue weighted by Gasteiger charge is -2.54. The molecule has 0 aromatic heterocycles. The third-order valence-corrected chi connectivity index (χ3v) is 7.34. The van der Waals surface area contributed by atoms with Gasteiger partial charge in [0.1, 0.15) is 0 Å². The van der Waals surface area contributed by atoms with Gasteiger partial charge < -0.3 is 15.0 Å². The van der Waals surface area contributed by atoms with E-state index in [1.165, 1.54) is 32.1 Å². The quantitative estimate of drug-likeness (QED) is 0.880. The molecule has 1 saturated heterocycles. The highest BCUT2D eigenvalue weighted by atomic mass is 35.5. The molecule has 1 heterocycles. The Morgan fingerprint density at radius 1 is 1.04 bits per heavy atom. The molecular weight excluding hydrogens is 348 g/mol. The molecule has 1 aromatic rings. The Kier molecular flexibility index (Phi) is 4.36. The van der Waals surface area contributed by atoms with Crippen LogP contribution >= 0.6 is 11.6 Å². The van der Waals surface area contributed by atoms with Crippen molar-refractivity contribution in [3.8, 4) is 0 Å². The van der Waals surface area contributed by atoms with Gasteiger partial charge in [-0.05, 0) is 80.0 Å². The first kappa shape index (κ1) is 16.9. The maximum absolute atomic E-state index is 12.9. The van der Waals surface area contributed by atoms with E-state index in [-0.39, 0.29) is 12.0 Å². The number of hydrogen-bond acceptors (Lipinski definition) is 3. The van der Waals surface area contributed by atoms with Crippen molar-refractivity contribution in [3.63, 3.8) is 0 Å². The van der Waals surface area contributed by atoms with E-state index in [1.807, 2.05) is 24.3 Å². The molecule has 4 bridgehead atoms. The van der Waals surface area contributed by atoms with Crippen molar-refractivity contribution in [3.05, 3.63) is 29.3 Å². The maximum Gasteiger partial charge on any atom is 0.251 e. The maximum atomic E-state index is 12.9. The zero-order chi connectivity index (χ0) is 17.7. The van der Waals surface area contributed by atoms with E-state index in [2.05, 4.69) is 10.2 Å². The Bertz CT molecular complexity index is 649. The molecule has 5 heteroatoms. The number of rotatable bonds is 3. The number of halogens is 1. The first-order valence-corrected chi connectivity index (χ1v) is 10.5. The zero-order valence-corrected chi connectivity index (χ0v) is 15.8. The van der Waals surface area contributed by atoms with Gasteiger partial charge in [0.15, 0.2) is 6.10 Å². The largest absolute Gasteiger partial charge is 0.366 e. The Balaban J connectivity index is 1.23. The number of ether oxygens (including phenoxy) is 1. The van der Waals surface area contributed by atoms with Crippen LogP contribution < -0.4 is 10.2 Å². The Morgan fingerprint density at radius 3 is 2.35 bits per heavy atom. The number of carbonyl (C=O) groups excluding carboxylic acids is 1. The van der Waals surface area contributed by atoms with Crippen molar-refractivity contribution in [2.45, 2.75) is 44.2 Å². The first-order valence-electron chi connectivity index (χ1n) is 10.1. The van der Waals surface area contributed by atoms with Crippen LogP contribution in [0.1, 0.15) is 32.1 Å². The Hall–Kier alpha value is -1.26. The summed E-state index contributed by atoms with van der Waals surface area (Å²) in [5.41, 5.74) is 1.10. The molecule has 5 aliphatic rings. The van der Waals surface area contributed by atoms with Gasteiger partial charge in [-0.15, -0.1) is 0 Å². The predicted octanol–water partition coefficient (Wildman–Crippen LogP) is 3.49. The summed E-state index contributed by atoms with van der Waals surface area (Å²) in [5, 5.41) is 4.14. The second-order valence-corrected chi connectivity index (χ2v) is 9.18. The molecule has 0 radical (unpaired) electrons. The van der Waals surface area contributed by atoms with Gasteiger partial charge in [-0.1, -0.05) is 11.6 Å². The third-order valence-electron chi connectivity index (χ3n) is 7.09. The highest BCUT2D eigenvalue weighted by Gasteiger charge is 2.49. The van der Waals surface area contributed by atoms with E-state index >= 15 is 0 Å². The number of benzene rings is 1. The molecule has 4 saturated carbocycles. The molecule has 0 spiro atoms. The van der Waals surface area contributed by atoms with Gasteiger partial charge in [-0.2, -0.15) is 0 Å². The summed E-state index contributed by atoms with van der Waals surface area (Å²) >= 11 is 5.99. The fraction of sp³-hybridized carbons (Fsp3) is 0.667. The molecule has 1 aromatic carbocycles. The second-order valence-electron chi connectivity index (χ2n) is 8.75. The van der Waals surface area contributed by atoms with Crippen LogP contribution in [0.2, 0.25) is 5.02 Å². The molecule has 140 valence electrons. The summed E-state index contributed by atoms with van der Waals surface area (Å²) < 4.78 is 5.83. The van der Waals surface area contributed by atoms with Gasteiger partial charge in [0.2, 0.25) is 0 Å². The van der Waals surface area contributed by atoms with Crippen LogP contribution in [-0.4, -0.2) is 37.7 Å². The molecule has 5 fully saturated rings. The average Bonchev–Trinajstić information content (AvgIpc) is 2.65.